The van der Waals surface area contributed by atoms with Gasteiger partial charge < -0.3 is 5.73 Å². The summed E-state index contributed by atoms with van der Waals surface area (Å²) in [6.07, 6.45) is 4.09. The van der Waals surface area contributed by atoms with Gasteiger partial charge in [-0.05, 0) is 57.2 Å². The highest BCUT2D eigenvalue weighted by Gasteiger charge is 2.32. The van der Waals surface area contributed by atoms with Crippen molar-refractivity contribution in [2.75, 3.05) is 5.73 Å². The summed E-state index contributed by atoms with van der Waals surface area (Å²) < 4.78 is 40.1. The SMILES string of the molecule is CC(C)(C)S(=O)(=O)NC(CCC1CC1)c1ccc(F)c(N)c1. The maximum Gasteiger partial charge on any atom is 0.217 e. The molecule has 0 aromatic heterocycles. The number of halogens is 1. The van der Waals surface area contributed by atoms with Crippen LogP contribution < -0.4 is 10.5 Å². The van der Waals surface area contributed by atoms with Crippen molar-refractivity contribution in [3.8, 4) is 0 Å². The molecule has 0 saturated heterocycles. The van der Waals surface area contributed by atoms with Crippen LogP contribution in [-0.2, 0) is 10.0 Å². The van der Waals surface area contributed by atoms with E-state index in [4.69, 9.17) is 5.73 Å². The lowest BCUT2D eigenvalue weighted by Crippen LogP contribution is -2.41. The highest BCUT2D eigenvalue weighted by Crippen LogP contribution is 2.36. The Labute approximate surface area is 132 Å². The van der Waals surface area contributed by atoms with Gasteiger partial charge in [0.1, 0.15) is 5.82 Å². The molecular weight excluding hydrogens is 303 g/mol. The minimum absolute atomic E-state index is 0.0453. The lowest BCUT2D eigenvalue weighted by atomic mass is 10.0. The van der Waals surface area contributed by atoms with Crippen LogP contribution in [0.3, 0.4) is 0 Å². The number of benzene rings is 1. The topological polar surface area (TPSA) is 72.2 Å². The second-order valence-corrected chi connectivity index (χ2v) is 9.56. The first-order valence-electron chi connectivity index (χ1n) is 7.67. The van der Waals surface area contributed by atoms with Crippen molar-refractivity contribution in [2.24, 2.45) is 5.92 Å². The predicted molar refractivity (Wildman–Crippen MR) is 87.3 cm³/mol. The lowest BCUT2D eigenvalue weighted by molar-refractivity contribution is 0.495. The molecule has 4 nitrogen and oxygen atoms in total. The summed E-state index contributed by atoms with van der Waals surface area (Å²) in [6, 6.07) is 4.06. The van der Waals surface area contributed by atoms with E-state index in [1.807, 2.05) is 0 Å². The molecule has 3 N–H and O–H groups in total. The minimum Gasteiger partial charge on any atom is -0.396 e. The summed E-state index contributed by atoms with van der Waals surface area (Å²) in [7, 11) is -3.48. The molecule has 1 unspecified atom stereocenters. The fraction of sp³-hybridized carbons (Fsp3) is 0.625. The van der Waals surface area contributed by atoms with Gasteiger partial charge in [-0.15, -0.1) is 0 Å². The number of nitrogens with one attached hydrogen (secondary N) is 1. The average molecular weight is 328 g/mol. The quantitative estimate of drug-likeness (QED) is 0.787. The first-order chi connectivity index (χ1) is 10.1. The van der Waals surface area contributed by atoms with E-state index in [1.165, 1.54) is 25.0 Å². The molecule has 1 saturated carbocycles. The second-order valence-electron chi connectivity index (χ2n) is 7.09. The highest BCUT2D eigenvalue weighted by molar-refractivity contribution is 7.90. The molecule has 0 aliphatic heterocycles. The van der Waals surface area contributed by atoms with Crippen LogP contribution in [0.1, 0.15) is 58.1 Å². The molecular formula is C16H25FN2O2S. The third-order valence-electron chi connectivity index (χ3n) is 4.09. The number of hydrogen-bond donors (Lipinski definition) is 2. The van der Waals surface area contributed by atoms with E-state index in [-0.39, 0.29) is 11.7 Å². The van der Waals surface area contributed by atoms with Gasteiger partial charge in [0.25, 0.3) is 0 Å². The Morgan fingerprint density at radius 2 is 2.00 bits per heavy atom. The van der Waals surface area contributed by atoms with Crippen LogP contribution in [0.4, 0.5) is 10.1 Å². The zero-order chi connectivity index (χ0) is 16.5. The molecule has 0 radical (unpaired) electrons. The molecule has 2 rings (SSSR count). The van der Waals surface area contributed by atoms with Crippen LogP contribution >= 0.6 is 0 Å². The smallest absolute Gasteiger partial charge is 0.217 e. The van der Waals surface area contributed by atoms with Crippen LogP contribution in [0.5, 0.6) is 0 Å². The molecule has 1 atom stereocenters. The van der Waals surface area contributed by atoms with Gasteiger partial charge >= 0.3 is 0 Å². The molecule has 0 bridgehead atoms. The Balaban J connectivity index is 2.23. The monoisotopic (exact) mass is 328 g/mol. The molecule has 0 heterocycles. The summed E-state index contributed by atoms with van der Waals surface area (Å²) in [4.78, 5) is 0. The van der Waals surface area contributed by atoms with Crippen molar-refractivity contribution in [1.29, 1.82) is 0 Å². The summed E-state index contributed by atoms with van der Waals surface area (Å²) >= 11 is 0. The molecule has 124 valence electrons. The molecule has 1 aliphatic rings. The molecule has 1 fully saturated rings. The van der Waals surface area contributed by atoms with E-state index in [2.05, 4.69) is 4.72 Å². The van der Waals surface area contributed by atoms with Crippen molar-refractivity contribution in [3.63, 3.8) is 0 Å². The van der Waals surface area contributed by atoms with E-state index in [1.54, 1.807) is 26.8 Å². The first kappa shape index (κ1) is 17.2. The predicted octanol–water partition coefficient (Wildman–Crippen LogP) is 3.36. The number of nitrogens with two attached hydrogens (primary N) is 1. The van der Waals surface area contributed by atoms with Gasteiger partial charge in [-0.2, -0.15) is 0 Å². The third kappa shape index (κ3) is 4.20. The molecule has 22 heavy (non-hydrogen) atoms. The number of anilines is 1. The van der Waals surface area contributed by atoms with E-state index in [0.717, 1.165) is 6.42 Å². The van der Waals surface area contributed by atoms with Gasteiger partial charge in [0.05, 0.1) is 10.4 Å². The first-order valence-corrected chi connectivity index (χ1v) is 9.15. The van der Waals surface area contributed by atoms with Crippen LogP contribution in [0, 0.1) is 11.7 Å². The van der Waals surface area contributed by atoms with Crippen molar-refractivity contribution < 1.29 is 12.8 Å². The number of nitrogen functional groups attached to an aromatic ring is 1. The molecule has 0 amide bonds. The molecule has 1 aromatic carbocycles. The third-order valence-corrected chi connectivity index (χ3v) is 6.29. The Morgan fingerprint density at radius 1 is 1.36 bits per heavy atom. The van der Waals surface area contributed by atoms with E-state index in [9.17, 15) is 12.8 Å². The zero-order valence-electron chi connectivity index (χ0n) is 13.4. The van der Waals surface area contributed by atoms with Crippen LogP contribution in [0.15, 0.2) is 18.2 Å². The van der Waals surface area contributed by atoms with Gasteiger partial charge in [-0.3, -0.25) is 0 Å². The summed E-state index contributed by atoms with van der Waals surface area (Å²) in [5, 5.41) is 0. The fourth-order valence-corrected chi connectivity index (χ4v) is 3.23. The number of hydrogen-bond acceptors (Lipinski definition) is 3. The largest absolute Gasteiger partial charge is 0.396 e. The van der Waals surface area contributed by atoms with Crippen molar-refractivity contribution in [3.05, 3.63) is 29.6 Å². The average Bonchev–Trinajstić information content (AvgIpc) is 3.20. The van der Waals surface area contributed by atoms with Gasteiger partial charge in [0, 0.05) is 6.04 Å². The Hall–Kier alpha value is -1.14. The lowest BCUT2D eigenvalue weighted by Gasteiger charge is -2.26. The van der Waals surface area contributed by atoms with E-state index >= 15 is 0 Å². The van der Waals surface area contributed by atoms with Crippen LogP contribution in [-0.4, -0.2) is 13.2 Å². The number of sulfonamides is 1. The normalized spacial score (nSPS) is 17.5. The van der Waals surface area contributed by atoms with Gasteiger partial charge in [0.2, 0.25) is 10.0 Å². The second kappa shape index (κ2) is 6.16. The van der Waals surface area contributed by atoms with Crippen LogP contribution in [0.2, 0.25) is 0 Å². The van der Waals surface area contributed by atoms with Crippen LogP contribution in [0.25, 0.3) is 0 Å². The summed E-state index contributed by atoms with van der Waals surface area (Å²) in [6.45, 7) is 4.98. The molecule has 6 heteroatoms. The van der Waals surface area contributed by atoms with Crippen molar-refractivity contribution in [2.45, 2.75) is 57.2 Å². The van der Waals surface area contributed by atoms with Crippen molar-refractivity contribution >= 4 is 15.7 Å². The summed E-state index contributed by atoms with van der Waals surface area (Å²) in [5.41, 5.74) is 6.38. The maximum atomic E-state index is 13.3. The highest BCUT2D eigenvalue weighted by atomic mass is 32.2. The Bertz CT molecular complexity index is 634. The van der Waals surface area contributed by atoms with E-state index < -0.39 is 20.6 Å². The van der Waals surface area contributed by atoms with Gasteiger partial charge in [-0.1, -0.05) is 18.9 Å². The molecule has 0 spiro atoms. The fourth-order valence-electron chi connectivity index (χ4n) is 2.25. The van der Waals surface area contributed by atoms with Crippen molar-refractivity contribution in [1.82, 2.24) is 4.72 Å². The molecule has 1 aliphatic carbocycles. The Morgan fingerprint density at radius 3 is 2.50 bits per heavy atom. The zero-order valence-corrected chi connectivity index (χ0v) is 14.2. The maximum absolute atomic E-state index is 13.3. The minimum atomic E-state index is -3.48. The van der Waals surface area contributed by atoms with Gasteiger partial charge in [-0.25, -0.2) is 17.5 Å². The van der Waals surface area contributed by atoms with E-state index in [0.29, 0.717) is 17.9 Å². The summed E-state index contributed by atoms with van der Waals surface area (Å²) in [5.74, 6) is 0.211. The Kier molecular flexibility index (Phi) is 4.82. The standard InChI is InChI=1S/C16H25FN2O2S/c1-16(2,3)22(20,21)19-15(9-6-11-4-5-11)12-7-8-13(17)14(18)10-12/h7-8,10-11,15,19H,4-6,9,18H2,1-3H3. The number of rotatable bonds is 6. The van der Waals surface area contributed by atoms with Gasteiger partial charge in [0.15, 0.2) is 0 Å². The molecule has 1 aromatic rings.